The molecule has 0 fully saturated rings. The molecule has 0 aliphatic carbocycles. The SMILES string of the molecule is CCN(CC)C(=O)C(C)N[C@H](C)c1ccccc1. The van der Waals surface area contributed by atoms with Crippen molar-refractivity contribution in [2.24, 2.45) is 0 Å². The summed E-state index contributed by atoms with van der Waals surface area (Å²) in [5, 5.41) is 3.35. The minimum Gasteiger partial charge on any atom is -0.342 e. The molecule has 1 rings (SSSR count). The fraction of sp³-hybridized carbons (Fsp3) is 0.533. The molecule has 18 heavy (non-hydrogen) atoms. The topological polar surface area (TPSA) is 32.3 Å². The molecule has 1 unspecified atom stereocenters. The number of benzene rings is 1. The van der Waals surface area contributed by atoms with Crippen molar-refractivity contribution >= 4 is 5.91 Å². The summed E-state index contributed by atoms with van der Waals surface area (Å²) in [5.74, 6) is 0.169. The van der Waals surface area contributed by atoms with E-state index in [4.69, 9.17) is 0 Å². The van der Waals surface area contributed by atoms with Crippen molar-refractivity contribution in [3.8, 4) is 0 Å². The molecule has 1 aromatic rings. The zero-order chi connectivity index (χ0) is 13.5. The standard InChI is InChI=1S/C15H24N2O/c1-5-17(6-2)15(18)13(4)16-12(3)14-10-8-7-9-11-14/h7-13,16H,5-6H2,1-4H3/t12-,13?/m1/s1. The maximum atomic E-state index is 12.1. The van der Waals surface area contributed by atoms with Crippen LogP contribution >= 0.6 is 0 Å². The average Bonchev–Trinajstić information content (AvgIpc) is 2.40. The van der Waals surface area contributed by atoms with Crippen LogP contribution in [0.5, 0.6) is 0 Å². The zero-order valence-electron chi connectivity index (χ0n) is 11.8. The van der Waals surface area contributed by atoms with Gasteiger partial charge in [0.05, 0.1) is 6.04 Å². The first-order valence-electron chi connectivity index (χ1n) is 6.69. The molecule has 0 heterocycles. The second kappa shape index (κ2) is 7.17. The van der Waals surface area contributed by atoms with Gasteiger partial charge in [-0.25, -0.2) is 0 Å². The Labute approximate surface area is 110 Å². The number of hydrogen-bond acceptors (Lipinski definition) is 2. The summed E-state index contributed by atoms with van der Waals surface area (Å²) in [6, 6.07) is 10.2. The van der Waals surface area contributed by atoms with Crippen LogP contribution in [0, 0.1) is 0 Å². The Bertz CT molecular complexity index is 360. The maximum Gasteiger partial charge on any atom is 0.239 e. The van der Waals surface area contributed by atoms with Crippen molar-refractivity contribution in [1.82, 2.24) is 10.2 Å². The minimum atomic E-state index is -0.153. The molecule has 3 heteroatoms. The average molecular weight is 248 g/mol. The van der Waals surface area contributed by atoms with Crippen LogP contribution in [0.1, 0.15) is 39.3 Å². The van der Waals surface area contributed by atoms with Crippen molar-refractivity contribution in [3.63, 3.8) is 0 Å². The third-order valence-electron chi connectivity index (χ3n) is 3.25. The van der Waals surface area contributed by atoms with E-state index in [1.807, 2.05) is 43.9 Å². The van der Waals surface area contributed by atoms with Crippen molar-refractivity contribution in [1.29, 1.82) is 0 Å². The molecule has 2 atom stereocenters. The van der Waals surface area contributed by atoms with E-state index in [2.05, 4.69) is 24.4 Å². The highest BCUT2D eigenvalue weighted by molar-refractivity contribution is 5.81. The molecule has 1 N–H and O–H groups in total. The smallest absolute Gasteiger partial charge is 0.239 e. The number of nitrogens with zero attached hydrogens (tertiary/aromatic N) is 1. The predicted octanol–water partition coefficient (Wildman–Crippen LogP) is 2.59. The van der Waals surface area contributed by atoms with Gasteiger partial charge in [-0.15, -0.1) is 0 Å². The van der Waals surface area contributed by atoms with Gasteiger partial charge in [-0.05, 0) is 33.3 Å². The third kappa shape index (κ3) is 3.84. The maximum absolute atomic E-state index is 12.1. The molecular weight excluding hydrogens is 224 g/mol. The monoisotopic (exact) mass is 248 g/mol. The summed E-state index contributed by atoms with van der Waals surface area (Å²) in [6.07, 6.45) is 0. The lowest BCUT2D eigenvalue weighted by atomic mass is 10.1. The molecule has 100 valence electrons. The van der Waals surface area contributed by atoms with Crippen molar-refractivity contribution < 1.29 is 4.79 Å². The van der Waals surface area contributed by atoms with Gasteiger partial charge in [0.15, 0.2) is 0 Å². The highest BCUT2D eigenvalue weighted by Crippen LogP contribution is 2.12. The Kier molecular flexibility index (Phi) is 5.86. The van der Waals surface area contributed by atoms with Gasteiger partial charge in [0.25, 0.3) is 0 Å². The number of hydrogen-bond donors (Lipinski definition) is 1. The van der Waals surface area contributed by atoms with E-state index in [9.17, 15) is 4.79 Å². The van der Waals surface area contributed by atoms with Crippen LogP contribution in [-0.2, 0) is 4.79 Å². The van der Waals surface area contributed by atoms with E-state index in [1.54, 1.807) is 0 Å². The van der Waals surface area contributed by atoms with E-state index in [-0.39, 0.29) is 18.0 Å². The van der Waals surface area contributed by atoms with Crippen LogP contribution in [0.3, 0.4) is 0 Å². The highest BCUT2D eigenvalue weighted by atomic mass is 16.2. The summed E-state index contributed by atoms with van der Waals surface area (Å²) >= 11 is 0. The molecule has 1 aromatic carbocycles. The van der Waals surface area contributed by atoms with E-state index < -0.39 is 0 Å². The Hall–Kier alpha value is -1.35. The van der Waals surface area contributed by atoms with E-state index in [0.717, 1.165) is 13.1 Å². The molecule has 0 aliphatic heterocycles. The summed E-state index contributed by atoms with van der Waals surface area (Å²) in [6.45, 7) is 9.56. The lowest BCUT2D eigenvalue weighted by Gasteiger charge is -2.26. The number of nitrogens with one attached hydrogen (secondary N) is 1. The Morgan fingerprint density at radius 3 is 2.22 bits per heavy atom. The van der Waals surface area contributed by atoms with Gasteiger partial charge in [-0.3, -0.25) is 10.1 Å². The molecule has 0 bridgehead atoms. The zero-order valence-corrected chi connectivity index (χ0v) is 11.8. The predicted molar refractivity (Wildman–Crippen MR) is 75.4 cm³/mol. The lowest BCUT2D eigenvalue weighted by molar-refractivity contribution is -0.132. The van der Waals surface area contributed by atoms with Crippen molar-refractivity contribution in [2.45, 2.75) is 39.8 Å². The highest BCUT2D eigenvalue weighted by Gasteiger charge is 2.19. The molecule has 1 amide bonds. The van der Waals surface area contributed by atoms with Crippen LogP contribution in [-0.4, -0.2) is 29.9 Å². The number of carbonyl (C=O) groups excluding carboxylic acids is 1. The van der Waals surface area contributed by atoms with Crippen LogP contribution in [0.2, 0.25) is 0 Å². The largest absolute Gasteiger partial charge is 0.342 e. The van der Waals surface area contributed by atoms with Crippen molar-refractivity contribution in [3.05, 3.63) is 35.9 Å². The van der Waals surface area contributed by atoms with E-state index in [0.29, 0.717) is 0 Å². The van der Waals surface area contributed by atoms with Gasteiger partial charge in [0.1, 0.15) is 0 Å². The molecular formula is C15H24N2O. The number of carbonyl (C=O) groups is 1. The number of rotatable bonds is 6. The van der Waals surface area contributed by atoms with Crippen LogP contribution in [0.15, 0.2) is 30.3 Å². The fourth-order valence-corrected chi connectivity index (χ4v) is 2.09. The lowest BCUT2D eigenvalue weighted by Crippen LogP contribution is -2.45. The third-order valence-corrected chi connectivity index (χ3v) is 3.25. The Morgan fingerprint density at radius 2 is 1.72 bits per heavy atom. The van der Waals surface area contributed by atoms with Gasteiger partial charge >= 0.3 is 0 Å². The van der Waals surface area contributed by atoms with Crippen LogP contribution in [0.4, 0.5) is 0 Å². The van der Waals surface area contributed by atoms with Gasteiger partial charge < -0.3 is 4.90 Å². The van der Waals surface area contributed by atoms with Gasteiger partial charge in [-0.1, -0.05) is 30.3 Å². The second-order valence-corrected chi connectivity index (χ2v) is 4.53. The van der Waals surface area contributed by atoms with Crippen molar-refractivity contribution in [2.75, 3.05) is 13.1 Å². The molecule has 0 saturated heterocycles. The molecule has 3 nitrogen and oxygen atoms in total. The fourth-order valence-electron chi connectivity index (χ4n) is 2.09. The number of amides is 1. The molecule has 0 saturated carbocycles. The van der Waals surface area contributed by atoms with Gasteiger partial charge in [-0.2, -0.15) is 0 Å². The van der Waals surface area contributed by atoms with Crippen LogP contribution in [0.25, 0.3) is 0 Å². The van der Waals surface area contributed by atoms with E-state index in [1.165, 1.54) is 5.56 Å². The first kappa shape index (κ1) is 14.7. The quantitative estimate of drug-likeness (QED) is 0.839. The van der Waals surface area contributed by atoms with Gasteiger partial charge in [0, 0.05) is 19.1 Å². The van der Waals surface area contributed by atoms with Crippen LogP contribution < -0.4 is 5.32 Å². The minimum absolute atomic E-state index is 0.153. The Balaban J connectivity index is 2.59. The summed E-state index contributed by atoms with van der Waals surface area (Å²) in [4.78, 5) is 14.0. The summed E-state index contributed by atoms with van der Waals surface area (Å²) in [7, 11) is 0. The first-order chi connectivity index (χ1) is 8.60. The Morgan fingerprint density at radius 1 is 1.17 bits per heavy atom. The number of likely N-dealkylation sites (N-methyl/N-ethyl adjacent to an activating group) is 1. The molecule has 0 aromatic heterocycles. The van der Waals surface area contributed by atoms with Gasteiger partial charge in [0.2, 0.25) is 5.91 Å². The second-order valence-electron chi connectivity index (χ2n) is 4.53. The molecule has 0 radical (unpaired) electrons. The van der Waals surface area contributed by atoms with E-state index >= 15 is 0 Å². The first-order valence-corrected chi connectivity index (χ1v) is 6.69. The summed E-state index contributed by atoms with van der Waals surface area (Å²) in [5.41, 5.74) is 1.21. The normalized spacial score (nSPS) is 14.0. The summed E-state index contributed by atoms with van der Waals surface area (Å²) < 4.78 is 0. The molecule has 0 aliphatic rings. The molecule has 0 spiro atoms.